The molecule has 1 N–H and O–H groups in total. The lowest BCUT2D eigenvalue weighted by Crippen LogP contribution is -2.41. The quantitative estimate of drug-likeness (QED) is 0.449. The van der Waals surface area contributed by atoms with E-state index in [1.54, 1.807) is 54.8 Å². The van der Waals surface area contributed by atoms with Crippen LogP contribution in [-0.4, -0.2) is 21.6 Å². The molecule has 2 aromatic carbocycles. The van der Waals surface area contributed by atoms with Gasteiger partial charge in [-0.15, -0.1) is 11.3 Å². The lowest BCUT2D eigenvalue weighted by molar-refractivity contribution is -0.116. The third-order valence-electron chi connectivity index (χ3n) is 5.17. The van der Waals surface area contributed by atoms with E-state index < -0.39 is 23.0 Å². The molecule has 0 unspecified atom stereocenters. The molecule has 1 amide bonds. The average Bonchev–Trinajstić information content (AvgIpc) is 3.28. The number of amides is 1. The van der Waals surface area contributed by atoms with Crippen molar-refractivity contribution in [1.82, 2.24) is 9.13 Å². The van der Waals surface area contributed by atoms with Gasteiger partial charge in [0.25, 0.3) is 5.56 Å². The average molecular weight is 468 g/mol. The topological polar surface area (TPSA) is 82.3 Å². The van der Waals surface area contributed by atoms with Crippen LogP contribution in [0.1, 0.15) is 18.1 Å². The van der Waals surface area contributed by atoms with Gasteiger partial charge in [-0.05, 0) is 60.7 Å². The van der Waals surface area contributed by atoms with E-state index in [4.69, 9.17) is 4.74 Å². The normalized spacial score (nSPS) is 11.0. The van der Waals surface area contributed by atoms with E-state index in [0.717, 1.165) is 10.1 Å². The molecular weight excluding hydrogens is 445 g/mol. The molecule has 0 aliphatic rings. The van der Waals surface area contributed by atoms with E-state index in [1.165, 1.54) is 22.0 Å². The molecule has 0 saturated carbocycles. The third kappa shape index (κ3) is 4.73. The summed E-state index contributed by atoms with van der Waals surface area (Å²) in [6.45, 7) is 3.79. The summed E-state index contributed by atoms with van der Waals surface area (Å²) in [6.07, 6.45) is 0. The van der Waals surface area contributed by atoms with Gasteiger partial charge in [0.05, 0.1) is 18.7 Å². The maximum absolute atomic E-state index is 13.8. The fraction of sp³-hybridized carbons (Fsp3) is 0.208. The first-order valence-electron chi connectivity index (χ1n) is 10.4. The molecule has 170 valence electrons. The van der Waals surface area contributed by atoms with Crippen LogP contribution >= 0.6 is 11.3 Å². The van der Waals surface area contributed by atoms with Crippen molar-refractivity contribution in [3.8, 4) is 5.75 Å². The second kappa shape index (κ2) is 9.41. The monoisotopic (exact) mass is 467 g/mol. The van der Waals surface area contributed by atoms with Gasteiger partial charge in [-0.3, -0.25) is 18.7 Å². The van der Waals surface area contributed by atoms with Crippen molar-refractivity contribution < 1.29 is 13.9 Å². The summed E-state index contributed by atoms with van der Waals surface area (Å²) in [5.74, 6) is -0.239. The summed E-state index contributed by atoms with van der Waals surface area (Å²) >= 11 is 1.21. The molecular formula is C24H22FN3O4S. The van der Waals surface area contributed by atoms with Crippen molar-refractivity contribution in [3.63, 3.8) is 0 Å². The highest BCUT2D eigenvalue weighted by Gasteiger charge is 2.17. The Morgan fingerprint density at radius 2 is 1.85 bits per heavy atom. The Bertz CT molecular complexity index is 1440. The fourth-order valence-electron chi connectivity index (χ4n) is 3.48. The van der Waals surface area contributed by atoms with E-state index in [1.807, 2.05) is 6.92 Å². The van der Waals surface area contributed by atoms with Crippen molar-refractivity contribution in [2.45, 2.75) is 26.9 Å². The number of hydrogen-bond donors (Lipinski definition) is 1. The molecule has 0 atom stereocenters. The fourth-order valence-corrected chi connectivity index (χ4v) is 4.32. The molecule has 0 fully saturated rings. The second-order valence-corrected chi connectivity index (χ2v) is 8.40. The minimum atomic E-state index is -0.593. The lowest BCUT2D eigenvalue weighted by atomic mass is 10.2. The van der Waals surface area contributed by atoms with Crippen LogP contribution in [-0.2, 0) is 17.9 Å². The molecule has 0 saturated heterocycles. The van der Waals surface area contributed by atoms with Crippen LogP contribution in [0.15, 0.2) is 63.5 Å². The number of ether oxygens (including phenoxy) is 1. The first-order valence-corrected chi connectivity index (χ1v) is 11.2. The molecule has 9 heteroatoms. The molecule has 0 aliphatic heterocycles. The van der Waals surface area contributed by atoms with Crippen molar-refractivity contribution in [3.05, 3.63) is 91.7 Å². The van der Waals surface area contributed by atoms with Crippen molar-refractivity contribution in [2.75, 3.05) is 11.9 Å². The number of thiophene rings is 1. The molecule has 4 aromatic rings. The van der Waals surface area contributed by atoms with Gasteiger partial charge in [-0.2, -0.15) is 0 Å². The minimum Gasteiger partial charge on any atom is -0.494 e. The number of benzene rings is 2. The van der Waals surface area contributed by atoms with E-state index in [9.17, 15) is 18.8 Å². The molecule has 2 heterocycles. The van der Waals surface area contributed by atoms with E-state index in [2.05, 4.69) is 5.32 Å². The molecule has 7 nitrogen and oxygen atoms in total. The summed E-state index contributed by atoms with van der Waals surface area (Å²) in [6, 6.07) is 13.2. The number of rotatable bonds is 7. The summed E-state index contributed by atoms with van der Waals surface area (Å²) in [4.78, 5) is 38.9. The van der Waals surface area contributed by atoms with Crippen molar-refractivity contribution >= 4 is 33.1 Å². The standard InChI is InChI=1S/C24H22FN3O4S/c1-3-32-18-8-5-16(6-9-18)13-28-23(30)22-20(10-11-33-22)27(24(28)31)14-21(29)26-17-7-4-15(2)19(25)12-17/h4-12H,3,13-14H2,1-2H3,(H,26,29). The number of aryl methyl sites for hydroxylation is 1. The number of carbonyl (C=O) groups excluding carboxylic acids is 1. The smallest absolute Gasteiger partial charge is 0.332 e. The van der Waals surface area contributed by atoms with Gasteiger partial charge in [0.2, 0.25) is 5.91 Å². The Labute approximate surface area is 192 Å². The van der Waals surface area contributed by atoms with E-state index in [-0.39, 0.29) is 13.1 Å². The van der Waals surface area contributed by atoms with E-state index >= 15 is 0 Å². The lowest BCUT2D eigenvalue weighted by Gasteiger charge is -2.13. The number of halogens is 1. The number of hydrogen-bond acceptors (Lipinski definition) is 5. The van der Waals surface area contributed by atoms with Gasteiger partial charge in [-0.1, -0.05) is 18.2 Å². The zero-order valence-corrected chi connectivity index (χ0v) is 18.9. The zero-order chi connectivity index (χ0) is 23.5. The summed E-state index contributed by atoms with van der Waals surface area (Å²) in [5.41, 5.74) is 0.898. The molecule has 0 radical (unpaired) electrons. The summed E-state index contributed by atoms with van der Waals surface area (Å²) in [7, 11) is 0. The number of nitrogens with zero attached hydrogens (tertiary/aromatic N) is 2. The van der Waals surface area contributed by atoms with Crippen molar-refractivity contribution in [2.24, 2.45) is 0 Å². The largest absolute Gasteiger partial charge is 0.494 e. The van der Waals surface area contributed by atoms with Crippen LogP contribution < -0.4 is 21.3 Å². The van der Waals surface area contributed by atoms with Crippen LogP contribution in [0.2, 0.25) is 0 Å². The van der Waals surface area contributed by atoms with Crippen LogP contribution in [0.5, 0.6) is 5.75 Å². The van der Waals surface area contributed by atoms with Gasteiger partial charge in [-0.25, -0.2) is 9.18 Å². The highest BCUT2D eigenvalue weighted by atomic mass is 32.1. The van der Waals surface area contributed by atoms with Gasteiger partial charge in [0.15, 0.2) is 0 Å². The maximum atomic E-state index is 13.8. The van der Waals surface area contributed by atoms with Gasteiger partial charge in [0.1, 0.15) is 22.8 Å². The maximum Gasteiger partial charge on any atom is 0.332 e. The van der Waals surface area contributed by atoms with Gasteiger partial charge < -0.3 is 10.1 Å². The Morgan fingerprint density at radius 1 is 1.09 bits per heavy atom. The zero-order valence-electron chi connectivity index (χ0n) is 18.1. The van der Waals surface area contributed by atoms with Gasteiger partial charge in [0, 0.05) is 5.69 Å². The number of nitrogens with one attached hydrogen (secondary N) is 1. The highest BCUT2D eigenvalue weighted by Crippen LogP contribution is 2.17. The molecule has 0 bridgehead atoms. The Hall–Kier alpha value is -3.72. The summed E-state index contributed by atoms with van der Waals surface area (Å²) in [5, 5.41) is 4.31. The Morgan fingerprint density at radius 3 is 2.55 bits per heavy atom. The van der Waals surface area contributed by atoms with Gasteiger partial charge >= 0.3 is 5.69 Å². The SMILES string of the molecule is CCOc1ccc(Cn2c(=O)c3sccc3n(CC(=O)Nc3ccc(C)c(F)c3)c2=O)cc1. The molecule has 0 spiro atoms. The number of aromatic nitrogens is 2. The number of carbonyl (C=O) groups is 1. The minimum absolute atomic E-state index is 0.0582. The molecule has 4 rings (SSSR count). The Balaban J connectivity index is 1.66. The molecule has 2 aromatic heterocycles. The number of fused-ring (bicyclic) bond motifs is 1. The molecule has 0 aliphatic carbocycles. The van der Waals surface area contributed by atoms with Crippen LogP contribution in [0, 0.1) is 12.7 Å². The van der Waals surface area contributed by atoms with Crippen LogP contribution in [0.25, 0.3) is 10.2 Å². The third-order valence-corrected chi connectivity index (χ3v) is 6.06. The van der Waals surface area contributed by atoms with Crippen LogP contribution in [0.3, 0.4) is 0 Å². The predicted molar refractivity (Wildman–Crippen MR) is 127 cm³/mol. The first-order chi connectivity index (χ1) is 15.9. The summed E-state index contributed by atoms with van der Waals surface area (Å²) < 4.78 is 22.0. The van der Waals surface area contributed by atoms with E-state index in [0.29, 0.717) is 33.8 Å². The second-order valence-electron chi connectivity index (χ2n) is 7.48. The first kappa shape index (κ1) is 22.5. The Kier molecular flexibility index (Phi) is 6.41. The molecule has 33 heavy (non-hydrogen) atoms. The number of anilines is 1. The van der Waals surface area contributed by atoms with Crippen molar-refractivity contribution in [1.29, 1.82) is 0 Å². The van der Waals surface area contributed by atoms with Crippen LogP contribution in [0.4, 0.5) is 10.1 Å². The predicted octanol–water partition coefficient (Wildman–Crippen LogP) is 3.76. The highest BCUT2D eigenvalue weighted by molar-refractivity contribution is 7.17.